The van der Waals surface area contributed by atoms with Gasteiger partial charge in [-0.25, -0.2) is 4.79 Å². The molecule has 0 radical (unpaired) electrons. The molecule has 2 rings (SSSR count). The molecule has 18 heavy (non-hydrogen) atoms. The summed E-state index contributed by atoms with van der Waals surface area (Å²) in [4.78, 5) is 10.9. The predicted molar refractivity (Wildman–Crippen MR) is 70.8 cm³/mol. The Labute approximate surface area is 107 Å². The smallest absolute Gasteiger partial charge is 0.328 e. The Morgan fingerprint density at radius 1 is 1.50 bits per heavy atom. The van der Waals surface area contributed by atoms with Gasteiger partial charge in [0.1, 0.15) is 11.4 Å². The molecule has 1 aromatic carbocycles. The number of benzene rings is 1. The van der Waals surface area contributed by atoms with Crippen LogP contribution in [-0.2, 0) is 11.2 Å². The van der Waals surface area contributed by atoms with Crippen molar-refractivity contribution in [3.8, 4) is 5.75 Å². The van der Waals surface area contributed by atoms with Gasteiger partial charge in [0.05, 0.1) is 0 Å². The van der Waals surface area contributed by atoms with Crippen LogP contribution in [0, 0.1) is 0 Å². The normalized spacial score (nSPS) is 19.2. The van der Waals surface area contributed by atoms with Gasteiger partial charge in [0.15, 0.2) is 0 Å². The quantitative estimate of drug-likeness (QED) is 0.814. The minimum absolute atomic E-state index is 0.359. The number of rotatable bonds is 2. The van der Waals surface area contributed by atoms with Gasteiger partial charge in [-0.3, -0.25) is 0 Å². The monoisotopic (exact) mass is 246 g/mol. The molecule has 3 heteroatoms. The first-order chi connectivity index (χ1) is 8.41. The Bertz CT molecular complexity index is 512. The minimum atomic E-state index is -0.907. The van der Waals surface area contributed by atoms with E-state index in [1.807, 2.05) is 32.0 Å². The number of carbonyl (C=O) groups is 1. The van der Waals surface area contributed by atoms with Crippen LogP contribution in [0.4, 0.5) is 0 Å². The van der Waals surface area contributed by atoms with Gasteiger partial charge in [0, 0.05) is 18.1 Å². The second kappa shape index (κ2) is 4.48. The molecule has 1 heterocycles. The lowest BCUT2D eigenvalue weighted by Crippen LogP contribution is -2.32. The SMILES string of the molecule is CCc1ccc2c(c1)/C(=C/C(=O)O)CC(C)(C)O2. The van der Waals surface area contributed by atoms with Crippen molar-refractivity contribution in [3.05, 3.63) is 35.4 Å². The highest BCUT2D eigenvalue weighted by Crippen LogP contribution is 2.40. The molecule has 0 aliphatic carbocycles. The first-order valence-electron chi connectivity index (χ1n) is 6.17. The van der Waals surface area contributed by atoms with Crippen LogP contribution in [0.2, 0.25) is 0 Å². The van der Waals surface area contributed by atoms with Gasteiger partial charge in [0.25, 0.3) is 0 Å². The molecule has 3 nitrogen and oxygen atoms in total. The van der Waals surface area contributed by atoms with E-state index >= 15 is 0 Å². The molecule has 1 aliphatic heterocycles. The van der Waals surface area contributed by atoms with Gasteiger partial charge in [-0.1, -0.05) is 13.0 Å². The number of ether oxygens (including phenoxy) is 1. The van der Waals surface area contributed by atoms with Crippen molar-refractivity contribution in [2.24, 2.45) is 0 Å². The van der Waals surface area contributed by atoms with Crippen molar-refractivity contribution >= 4 is 11.5 Å². The first-order valence-corrected chi connectivity index (χ1v) is 6.17. The van der Waals surface area contributed by atoms with E-state index in [-0.39, 0.29) is 5.60 Å². The molecule has 1 aromatic rings. The Morgan fingerprint density at radius 3 is 2.83 bits per heavy atom. The molecule has 0 amide bonds. The van der Waals surface area contributed by atoms with Gasteiger partial charge in [-0.2, -0.15) is 0 Å². The lowest BCUT2D eigenvalue weighted by molar-refractivity contribution is -0.131. The van der Waals surface area contributed by atoms with Crippen LogP contribution in [-0.4, -0.2) is 16.7 Å². The number of aliphatic carboxylic acids is 1. The summed E-state index contributed by atoms with van der Waals surface area (Å²) in [6, 6.07) is 5.99. The molecule has 0 spiro atoms. The highest BCUT2D eigenvalue weighted by Gasteiger charge is 2.30. The Balaban J connectivity index is 2.54. The maximum atomic E-state index is 10.9. The third-order valence-electron chi connectivity index (χ3n) is 3.10. The van der Waals surface area contributed by atoms with Crippen molar-refractivity contribution in [2.75, 3.05) is 0 Å². The largest absolute Gasteiger partial charge is 0.487 e. The molecule has 0 atom stereocenters. The maximum absolute atomic E-state index is 10.9. The summed E-state index contributed by atoms with van der Waals surface area (Å²) in [5.74, 6) is -0.133. The average molecular weight is 246 g/mol. The van der Waals surface area contributed by atoms with Gasteiger partial charge < -0.3 is 9.84 Å². The van der Waals surface area contributed by atoms with E-state index in [1.54, 1.807) is 0 Å². The first kappa shape index (κ1) is 12.7. The highest BCUT2D eigenvalue weighted by atomic mass is 16.5. The van der Waals surface area contributed by atoms with Crippen molar-refractivity contribution in [1.82, 2.24) is 0 Å². The van der Waals surface area contributed by atoms with Crippen molar-refractivity contribution < 1.29 is 14.6 Å². The molecule has 1 aliphatic rings. The fraction of sp³-hybridized carbons (Fsp3) is 0.400. The third-order valence-corrected chi connectivity index (χ3v) is 3.10. The second-order valence-electron chi connectivity index (χ2n) is 5.23. The van der Waals surface area contributed by atoms with E-state index in [0.717, 1.165) is 23.3 Å². The van der Waals surface area contributed by atoms with Crippen LogP contribution in [0.15, 0.2) is 24.3 Å². The van der Waals surface area contributed by atoms with Gasteiger partial charge in [-0.15, -0.1) is 0 Å². The van der Waals surface area contributed by atoms with Crippen molar-refractivity contribution in [1.29, 1.82) is 0 Å². The lowest BCUT2D eigenvalue weighted by atomic mass is 9.88. The molecule has 1 N–H and O–H groups in total. The van der Waals surface area contributed by atoms with E-state index in [1.165, 1.54) is 11.6 Å². The van der Waals surface area contributed by atoms with Crippen LogP contribution >= 0.6 is 0 Å². The summed E-state index contributed by atoms with van der Waals surface area (Å²) in [5.41, 5.74) is 2.58. The summed E-state index contributed by atoms with van der Waals surface area (Å²) in [7, 11) is 0. The Kier molecular flexibility index (Phi) is 3.16. The standard InChI is InChI=1S/C15H18O3/c1-4-10-5-6-13-12(7-10)11(8-14(16)17)9-15(2,3)18-13/h5-8H,4,9H2,1-3H3,(H,16,17)/b11-8+. The van der Waals surface area contributed by atoms with E-state index in [4.69, 9.17) is 9.84 Å². The third kappa shape index (κ3) is 2.55. The fourth-order valence-corrected chi connectivity index (χ4v) is 2.30. The Morgan fingerprint density at radius 2 is 2.22 bits per heavy atom. The average Bonchev–Trinajstić information content (AvgIpc) is 2.26. The molecule has 0 bridgehead atoms. The molecule has 0 aromatic heterocycles. The molecular formula is C15H18O3. The maximum Gasteiger partial charge on any atom is 0.328 e. The number of fused-ring (bicyclic) bond motifs is 1. The van der Waals surface area contributed by atoms with Gasteiger partial charge in [-0.05, 0) is 43.5 Å². The number of carboxylic acids is 1. The summed E-state index contributed by atoms with van der Waals surface area (Å²) in [6.45, 7) is 6.02. The molecule has 0 fully saturated rings. The fourth-order valence-electron chi connectivity index (χ4n) is 2.30. The minimum Gasteiger partial charge on any atom is -0.487 e. The molecule has 0 saturated carbocycles. The number of aryl methyl sites for hydroxylation is 1. The second-order valence-corrected chi connectivity index (χ2v) is 5.23. The van der Waals surface area contributed by atoms with E-state index in [9.17, 15) is 4.79 Å². The van der Waals surface area contributed by atoms with Crippen LogP contribution in [0.25, 0.3) is 5.57 Å². The van der Waals surface area contributed by atoms with E-state index in [0.29, 0.717) is 6.42 Å². The molecule has 0 unspecified atom stereocenters. The van der Waals surface area contributed by atoms with E-state index in [2.05, 4.69) is 6.92 Å². The summed E-state index contributed by atoms with van der Waals surface area (Å²) >= 11 is 0. The topological polar surface area (TPSA) is 46.5 Å². The number of hydrogen-bond acceptors (Lipinski definition) is 2. The Hall–Kier alpha value is -1.77. The number of hydrogen-bond donors (Lipinski definition) is 1. The van der Waals surface area contributed by atoms with Crippen LogP contribution in [0.3, 0.4) is 0 Å². The highest BCUT2D eigenvalue weighted by molar-refractivity contribution is 5.91. The summed E-state index contributed by atoms with van der Waals surface area (Å²) < 4.78 is 5.90. The predicted octanol–water partition coefficient (Wildman–Crippen LogP) is 3.28. The summed E-state index contributed by atoms with van der Waals surface area (Å²) in [5, 5.41) is 8.97. The van der Waals surface area contributed by atoms with Crippen molar-refractivity contribution in [2.45, 2.75) is 39.2 Å². The molecular weight excluding hydrogens is 228 g/mol. The molecule has 96 valence electrons. The van der Waals surface area contributed by atoms with E-state index < -0.39 is 5.97 Å². The zero-order valence-electron chi connectivity index (χ0n) is 11.0. The zero-order valence-corrected chi connectivity index (χ0v) is 11.0. The van der Waals surface area contributed by atoms with Crippen LogP contribution in [0.5, 0.6) is 5.75 Å². The zero-order chi connectivity index (χ0) is 13.3. The van der Waals surface area contributed by atoms with Gasteiger partial charge in [0.2, 0.25) is 0 Å². The van der Waals surface area contributed by atoms with Crippen LogP contribution < -0.4 is 4.74 Å². The number of carboxylic acid groups (broad SMARTS) is 1. The lowest BCUT2D eigenvalue weighted by Gasteiger charge is -2.34. The summed E-state index contributed by atoms with van der Waals surface area (Å²) in [6.07, 6.45) is 2.83. The van der Waals surface area contributed by atoms with Crippen molar-refractivity contribution in [3.63, 3.8) is 0 Å². The molecule has 0 saturated heterocycles. The van der Waals surface area contributed by atoms with Gasteiger partial charge >= 0.3 is 5.97 Å². The van der Waals surface area contributed by atoms with Crippen LogP contribution in [0.1, 0.15) is 38.3 Å².